The number of nitrogens with zero attached hydrogens (tertiary/aromatic N) is 5. The number of aromatic nitrogens is 5. The summed E-state index contributed by atoms with van der Waals surface area (Å²) >= 11 is 1.52. The summed E-state index contributed by atoms with van der Waals surface area (Å²) in [6.07, 6.45) is 0. The van der Waals surface area contributed by atoms with Gasteiger partial charge in [0.2, 0.25) is 11.8 Å². The molecule has 0 bridgehead atoms. The van der Waals surface area contributed by atoms with Crippen molar-refractivity contribution in [2.24, 2.45) is 0 Å². The molecular formula is C19H17N5OS. The summed E-state index contributed by atoms with van der Waals surface area (Å²) in [5.74, 6) is 2.49. The van der Waals surface area contributed by atoms with E-state index in [0.29, 0.717) is 17.5 Å². The smallest absolute Gasteiger partial charge is 0.226 e. The van der Waals surface area contributed by atoms with E-state index in [1.54, 1.807) is 6.92 Å². The predicted molar refractivity (Wildman–Crippen MR) is 100 cm³/mol. The van der Waals surface area contributed by atoms with Crippen LogP contribution < -0.4 is 0 Å². The number of hydrogen-bond donors (Lipinski definition) is 0. The van der Waals surface area contributed by atoms with Crippen molar-refractivity contribution in [1.82, 2.24) is 25.0 Å². The third-order valence-corrected chi connectivity index (χ3v) is 4.73. The second-order valence-electron chi connectivity index (χ2n) is 5.85. The topological polar surface area (TPSA) is 69.6 Å². The Morgan fingerprint density at radius 3 is 2.50 bits per heavy atom. The van der Waals surface area contributed by atoms with Crippen LogP contribution in [0, 0.1) is 13.8 Å². The summed E-state index contributed by atoms with van der Waals surface area (Å²) in [4.78, 5) is 0. The predicted octanol–water partition coefficient (Wildman–Crippen LogP) is 4.23. The summed E-state index contributed by atoms with van der Waals surface area (Å²) in [6.45, 7) is 3.85. The molecule has 4 aromatic rings. The zero-order valence-corrected chi connectivity index (χ0v) is 15.3. The highest BCUT2D eigenvalue weighted by molar-refractivity contribution is 7.98. The molecule has 0 aliphatic heterocycles. The largest absolute Gasteiger partial charge is 0.425 e. The van der Waals surface area contributed by atoms with Crippen LogP contribution >= 0.6 is 11.8 Å². The van der Waals surface area contributed by atoms with Crippen LogP contribution in [0.3, 0.4) is 0 Å². The first-order valence-corrected chi connectivity index (χ1v) is 9.19. The van der Waals surface area contributed by atoms with Gasteiger partial charge in [0, 0.05) is 18.2 Å². The van der Waals surface area contributed by atoms with Crippen LogP contribution in [0.4, 0.5) is 0 Å². The van der Waals surface area contributed by atoms with Crippen molar-refractivity contribution in [2.45, 2.75) is 24.8 Å². The number of thioether (sulfide) groups is 1. The van der Waals surface area contributed by atoms with Crippen LogP contribution in [-0.2, 0) is 5.75 Å². The van der Waals surface area contributed by atoms with Crippen molar-refractivity contribution in [3.05, 3.63) is 71.9 Å². The monoisotopic (exact) mass is 363 g/mol. The second-order valence-corrected chi connectivity index (χ2v) is 6.79. The molecule has 0 radical (unpaired) electrons. The van der Waals surface area contributed by atoms with Gasteiger partial charge in [-0.15, -0.1) is 20.4 Å². The van der Waals surface area contributed by atoms with Gasteiger partial charge >= 0.3 is 0 Å². The fourth-order valence-electron chi connectivity index (χ4n) is 2.67. The van der Waals surface area contributed by atoms with Crippen molar-refractivity contribution in [1.29, 1.82) is 0 Å². The molecule has 0 amide bonds. The van der Waals surface area contributed by atoms with Crippen LogP contribution in [0.5, 0.6) is 0 Å². The van der Waals surface area contributed by atoms with Crippen molar-refractivity contribution < 1.29 is 4.42 Å². The standard InChI is InChI=1S/C19H17N5OS/c1-13-7-6-8-15(11-13)18-22-23-19(24(18)16-9-4-3-5-10-16)26-12-17-21-20-14(2)25-17/h3-11H,12H2,1-2H3. The van der Waals surface area contributed by atoms with E-state index >= 15 is 0 Å². The number of rotatable bonds is 5. The Hall–Kier alpha value is -2.93. The molecule has 0 aliphatic rings. The molecule has 6 nitrogen and oxygen atoms in total. The Kier molecular flexibility index (Phi) is 4.53. The van der Waals surface area contributed by atoms with E-state index in [4.69, 9.17) is 4.42 Å². The van der Waals surface area contributed by atoms with Gasteiger partial charge in [0.05, 0.1) is 5.75 Å². The maximum atomic E-state index is 5.46. The van der Waals surface area contributed by atoms with Gasteiger partial charge in [0.1, 0.15) is 0 Å². The molecule has 7 heteroatoms. The van der Waals surface area contributed by atoms with E-state index in [-0.39, 0.29) is 0 Å². The summed E-state index contributed by atoms with van der Waals surface area (Å²) in [5, 5.41) is 17.5. The van der Waals surface area contributed by atoms with Crippen molar-refractivity contribution in [3.63, 3.8) is 0 Å². The van der Waals surface area contributed by atoms with Crippen molar-refractivity contribution in [3.8, 4) is 17.1 Å². The molecule has 0 saturated carbocycles. The molecule has 0 unspecified atom stereocenters. The molecule has 2 heterocycles. The van der Waals surface area contributed by atoms with Gasteiger partial charge in [-0.05, 0) is 25.1 Å². The molecule has 2 aromatic heterocycles. The fraction of sp³-hybridized carbons (Fsp3) is 0.158. The maximum absolute atomic E-state index is 5.46. The highest BCUT2D eigenvalue weighted by atomic mass is 32.2. The Bertz CT molecular complexity index is 1030. The molecule has 26 heavy (non-hydrogen) atoms. The summed E-state index contributed by atoms with van der Waals surface area (Å²) in [7, 11) is 0. The van der Waals surface area contributed by atoms with Crippen LogP contribution in [-0.4, -0.2) is 25.0 Å². The average Bonchev–Trinajstić information content (AvgIpc) is 3.26. The number of para-hydroxylation sites is 1. The lowest BCUT2D eigenvalue weighted by Crippen LogP contribution is -1.99. The lowest BCUT2D eigenvalue weighted by atomic mass is 10.1. The lowest BCUT2D eigenvalue weighted by Gasteiger charge is -2.10. The molecule has 0 N–H and O–H groups in total. The molecule has 0 saturated heterocycles. The average molecular weight is 363 g/mol. The van der Waals surface area contributed by atoms with Gasteiger partial charge in [-0.2, -0.15) is 0 Å². The normalized spacial score (nSPS) is 11.0. The van der Waals surface area contributed by atoms with E-state index in [1.807, 2.05) is 42.5 Å². The van der Waals surface area contributed by atoms with Gasteiger partial charge in [-0.3, -0.25) is 4.57 Å². The molecule has 0 fully saturated rings. The zero-order valence-electron chi connectivity index (χ0n) is 14.5. The van der Waals surface area contributed by atoms with E-state index in [0.717, 1.165) is 22.2 Å². The molecule has 130 valence electrons. The minimum Gasteiger partial charge on any atom is -0.425 e. The minimum absolute atomic E-state index is 0.541. The highest BCUT2D eigenvalue weighted by Crippen LogP contribution is 2.29. The summed E-state index contributed by atoms with van der Waals surface area (Å²) < 4.78 is 7.52. The number of benzene rings is 2. The second kappa shape index (κ2) is 7.13. The first-order chi connectivity index (χ1) is 12.7. The lowest BCUT2D eigenvalue weighted by molar-refractivity contribution is 0.485. The Balaban J connectivity index is 1.74. The van der Waals surface area contributed by atoms with Crippen LogP contribution in [0.2, 0.25) is 0 Å². The van der Waals surface area contributed by atoms with Gasteiger partial charge in [-0.25, -0.2) is 0 Å². The highest BCUT2D eigenvalue weighted by Gasteiger charge is 2.17. The number of aryl methyl sites for hydroxylation is 2. The van der Waals surface area contributed by atoms with Gasteiger partial charge in [-0.1, -0.05) is 53.7 Å². The molecule has 0 aliphatic carbocycles. The van der Waals surface area contributed by atoms with E-state index in [1.165, 1.54) is 17.3 Å². The van der Waals surface area contributed by atoms with Gasteiger partial charge in [0.25, 0.3) is 0 Å². The van der Waals surface area contributed by atoms with Crippen LogP contribution in [0.15, 0.2) is 64.2 Å². The van der Waals surface area contributed by atoms with Gasteiger partial charge < -0.3 is 4.42 Å². The Morgan fingerprint density at radius 2 is 1.77 bits per heavy atom. The van der Waals surface area contributed by atoms with Crippen LogP contribution in [0.1, 0.15) is 17.3 Å². The van der Waals surface area contributed by atoms with Crippen molar-refractivity contribution in [2.75, 3.05) is 0 Å². The molecule has 0 atom stereocenters. The maximum Gasteiger partial charge on any atom is 0.226 e. The number of hydrogen-bond acceptors (Lipinski definition) is 6. The molecule has 2 aromatic carbocycles. The fourth-order valence-corrected chi connectivity index (χ4v) is 3.46. The Labute approximate surface area is 155 Å². The Morgan fingerprint density at radius 1 is 0.923 bits per heavy atom. The third kappa shape index (κ3) is 3.39. The van der Waals surface area contributed by atoms with Crippen molar-refractivity contribution >= 4 is 11.8 Å². The SMILES string of the molecule is Cc1cccc(-c2nnc(SCc3nnc(C)o3)n2-c2ccccc2)c1. The first kappa shape index (κ1) is 16.5. The summed E-state index contributed by atoms with van der Waals surface area (Å²) in [6, 6.07) is 18.4. The van der Waals surface area contributed by atoms with E-state index in [2.05, 4.69) is 44.0 Å². The first-order valence-electron chi connectivity index (χ1n) is 8.20. The summed E-state index contributed by atoms with van der Waals surface area (Å²) in [5.41, 5.74) is 3.22. The minimum atomic E-state index is 0.541. The molecule has 0 spiro atoms. The van der Waals surface area contributed by atoms with Crippen LogP contribution in [0.25, 0.3) is 17.1 Å². The quantitative estimate of drug-likeness (QED) is 0.494. The third-order valence-electron chi connectivity index (χ3n) is 3.82. The van der Waals surface area contributed by atoms with E-state index in [9.17, 15) is 0 Å². The zero-order chi connectivity index (χ0) is 17.9. The van der Waals surface area contributed by atoms with E-state index < -0.39 is 0 Å². The van der Waals surface area contributed by atoms with Gasteiger partial charge in [0.15, 0.2) is 11.0 Å². The molecular weight excluding hydrogens is 346 g/mol. The molecule has 4 rings (SSSR count).